The fourth-order valence-corrected chi connectivity index (χ4v) is 4.06. The summed E-state index contributed by atoms with van der Waals surface area (Å²) in [5.74, 6) is 1.16. The minimum atomic E-state index is -0.106. The Hall–Kier alpha value is -1.76. The van der Waals surface area contributed by atoms with Crippen LogP contribution < -0.4 is 5.56 Å². The number of thiophene rings is 1. The first-order valence-electron chi connectivity index (χ1n) is 6.74. The summed E-state index contributed by atoms with van der Waals surface area (Å²) in [6.45, 7) is 7.77. The van der Waals surface area contributed by atoms with Crippen molar-refractivity contribution in [2.75, 3.05) is 5.75 Å². The van der Waals surface area contributed by atoms with E-state index in [0.717, 1.165) is 5.56 Å². The van der Waals surface area contributed by atoms with Crippen LogP contribution in [0.15, 0.2) is 62.4 Å². The smallest absolute Gasteiger partial charge is 0.263 e. The first kappa shape index (κ1) is 16.1. The lowest BCUT2D eigenvalue weighted by molar-refractivity contribution is 0.583. The maximum absolute atomic E-state index is 12.9. The van der Waals surface area contributed by atoms with Crippen LogP contribution in [0.25, 0.3) is 21.5 Å². The Kier molecular flexibility index (Phi) is 4.75. The molecule has 0 bridgehead atoms. The standard InChI is InChI=1S/C16H13ClN2O2S2/c1-3-6-19-15(20)13-11(12-5-4-7-21-12)9-22-14(13)18-16(19)23-8-10(2)17/h3-5,7,9H,1-2,6,8H2. The number of rotatable bonds is 6. The molecule has 0 aliphatic carbocycles. The number of halogens is 1. The van der Waals surface area contributed by atoms with Gasteiger partial charge in [-0.3, -0.25) is 9.36 Å². The van der Waals surface area contributed by atoms with Crippen LogP contribution in [0.5, 0.6) is 0 Å². The molecule has 0 aliphatic heterocycles. The highest BCUT2D eigenvalue weighted by Gasteiger charge is 2.18. The Bertz CT molecular complexity index is 926. The lowest BCUT2D eigenvalue weighted by Crippen LogP contribution is -2.22. The van der Waals surface area contributed by atoms with Gasteiger partial charge in [-0.15, -0.1) is 17.9 Å². The highest BCUT2D eigenvalue weighted by atomic mass is 35.5. The van der Waals surface area contributed by atoms with Gasteiger partial charge in [-0.05, 0) is 12.1 Å². The number of hydrogen-bond acceptors (Lipinski definition) is 5. The van der Waals surface area contributed by atoms with E-state index in [1.165, 1.54) is 23.1 Å². The Morgan fingerprint density at radius 3 is 3.04 bits per heavy atom. The number of aromatic nitrogens is 2. The van der Waals surface area contributed by atoms with E-state index in [4.69, 9.17) is 16.0 Å². The Morgan fingerprint density at radius 2 is 2.39 bits per heavy atom. The van der Waals surface area contributed by atoms with Crippen LogP contribution in [-0.2, 0) is 6.54 Å². The van der Waals surface area contributed by atoms with Gasteiger partial charge in [0.2, 0.25) is 0 Å². The summed E-state index contributed by atoms with van der Waals surface area (Å²) in [5, 5.41) is 3.58. The van der Waals surface area contributed by atoms with Crippen LogP contribution in [0, 0.1) is 0 Å². The van der Waals surface area contributed by atoms with Gasteiger partial charge in [-0.2, -0.15) is 0 Å². The third kappa shape index (κ3) is 3.15. The van der Waals surface area contributed by atoms with E-state index < -0.39 is 0 Å². The van der Waals surface area contributed by atoms with Gasteiger partial charge in [0, 0.05) is 28.3 Å². The van der Waals surface area contributed by atoms with Crippen LogP contribution in [-0.4, -0.2) is 15.3 Å². The first-order chi connectivity index (χ1) is 11.1. The molecule has 0 spiro atoms. The SMILES string of the molecule is C=CCn1c(SCC(=C)Cl)nc2scc(-c3ccco3)c2c1=O. The van der Waals surface area contributed by atoms with Crippen LogP contribution >= 0.6 is 34.7 Å². The Balaban J connectivity index is 2.20. The van der Waals surface area contributed by atoms with Crippen molar-refractivity contribution in [2.45, 2.75) is 11.7 Å². The molecule has 0 saturated heterocycles. The van der Waals surface area contributed by atoms with Gasteiger partial charge in [0.25, 0.3) is 5.56 Å². The van der Waals surface area contributed by atoms with E-state index in [1.807, 2.05) is 11.4 Å². The fraction of sp³-hybridized carbons (Fsp3) is 0.125. The summed E-state index contributed by atoms with van der Waals surface area (Å²) in [6.07, 6.45) is 3.26. The van der Waals surface area contributed by atoms with Crippen molar-refractivity contribution in [1.29, 1.82) is 0 Å². The molecule has 3 aromatic heterocycles. The molecule has 0 saturated carbocycles. The van der Waals surface area contributed by atoms with E-state index in [2.05, 4.69) is 18.1 Å². The van der Waals surface area contributed by atoms with Gasteiger partial charge in [-0.25, -0.2) is 4.98 Å². The molecule has 118 valence electrons. The fourth-order valence-electron chi connectivity index (χ4n) is 2.16. The van der Waals surface area contributed by atoms with E-state index in [0.29, 0.717) is 38.5 Å². The zero-order valence-corrected chi connectivity index (χ0v) is 14.5. The van der Waals surface area contributed by atoms with E-state index in [-0.39, 0.29) is 5.56 Å². The third-order valence-corrected chi connectivity index (χ3v) is 5.34. The summed E-state index contributed by atoms with van der Waals surface area (Å²) in [4.78, 5) is 18.2. The van der Waals surface area contributed by atoms with Crippen LogP contribution in [0.2, 0.25) is 0 Å². The average Bonchev–Trinajstić information content (AvgIpc) is 3.16. The number of fused-ring (bicyclic) bond motifs is 1. The summed E-state index contributed by atoms with van der Waals surface area (Å²) in [6, 6.07) is 3.63. The summed E-state index contributed by atoms with van der Waals surface area (Å²) in [7, 11) is 0. The Labute approximate surface area is 146 Å². The Morgan fingerprint density at radius 1 is 1.57 bits per heavy atom. The van der Waals surface area contributed by atoms with Gasteiger partial charge >= 0.3 is 0 Å². The second-order valence-electron chi connectivity index (χ2n) is 4.71. The van der Waals surface area contributed by atoms with Crippen LogP contribution in [0.1, 0.15) is 0 Å². The molecule has 0 unspecified atom stereocenters. The minimum Gasteiger partial charge on any atom is -0.464 e. The number of allylic oxidation sites excluding steroid dienone is 1. The molecular formula is C16H13ClN2O2S2. The van der Waals surface area contributed by atoms with Crippen molar-refractivity contribution >= 4 is 44.9 Å². The summed E-state index contributed by atoms with van der Waals surface area (Å²) < 4.78 is 7.02. The molecule has 0 fully saturated rings. The molecule has 3 aromatic rings. The van der Waals surface area contributed by atoms with Crippen molar-refractivity contribution in [3.8, 4) is 11.3 Å². The lowest BCUT2D eigenvalue weighted by Gasteiger charge is -2.10. The second kappa shape index (κ2) is 6.78. The highest BCUT2D eigenvalue weighted by molar-refractivity contribution is 7.99. The molecule has 0 atom stereocenters. The molecule has 0 aliphatic rings. The zero-order chi connectivity index (χ0) is 16.4. The maximum atomic E-state index is 12.9. The minimum absolute atomic E-state index is 0.106. The van der Waals surface area contributed by atoms with Crippen molar-refractivity contribution in [3.05, 3.63) is 58.4 Å². The molecule has 0 aromatic carbocycles. The van der Waals surface area contributed by atoms with Crippen molar-refractivity contribution in [2.24, 2.45) is 0 Å². The molecule has 0 amide bonds. The topological polar surface area (TPSA) is 48.0 Å². The van der Waals surface area contributed by atoms with Gasteiger partial charge < -0.3 is 4.42 Å². The molecule has 23 heavy (non-hydrogen) atoms. The predicted molar refractivity (Wildman–Crippen MR) is 97.5 cm³/mol. The summed E-state index contributed by atoms with van der Waals surface area (Å²) in [5.41, 5.74) is 0.661. The maximum Gasteiger partial charge on any atom is 0.263 e. The van der Waals surface area contributed by atoms with Crippen molar-refractivity contribution in [3.63, 3.8) is 0 Å². The molecule has 7 heteroatoms. The normalized spacial score (nSPS) is 11.0. The van der Waals surface area contributed by atoms with Crippen LogP contribution in [0.4, 0.5) is 0 Å². The molecule has 0 N–H and O–H groups in total. The number of thioether (sulfide) groups is 1. The number of furan rings is 1. The molecule has 4 nitrogen and oxygen atoms in total. The second-order valence-corrected chi connectivity index (χ2v) is 7.05. The monoisotopic (exact) mass is 364 g/mol. The summed E-state index contributed by atoms with van der Waals surface area (Å²) >= 11 is 8.64. The molecule has 0 radical (unpaired) electrons. The number of nitrogens with zero attached hydrogens (tertiary/aromatic N) is 2. The average molecular weight is 365 g/mol. The highest BCUT2D eigenvalue weighted by Crippen LogP contribution is 2.32. The predicted octanol–water partition coefficient (Wildman–Crippen LogP) is 4.75. The lowest BCUT2D eigenvalue weighted by atomic mass is 10.2. The van der Waals surface area contributed by atoms with Crippen molar-refractivity contribution < 1.29 is 4.42 Å². The van der Waals surface area contributed by atoms with Gasteiger partial charge in [0.1, 0.15) is 10.6 Å². The van der Waals surface area contributed by atoms with E-state index in [1.54, 1.807) is 23.0 Å². The van der Waals surface area contributed by atoms with Gasteiger partial charge in [0.15, 0.2) is 5.16 Å². The first-order valence-corrected chi connectivity index (χ1v) is 8.99. The molecular weight excluding hydrogens is 352 g/mol. The molecule has 3 heterocycles. The van der Waals surface area contributed by atoms with Crippen molar-refractivity contribution in [1.82, 2.24) is 9.55 Å². The number of hydrogen-bond donors (Lipinski definition) is 0. The quantitative estimate of drug-likeness (QED) is 0.360. The van der Waals surface area contributed by atoms with E-state index in [9.17, 15) is 4.79 Å². The van der Waals surface area contributed by atoms with E-state index >= 15 is 0 Å². The zero-order valence-electron chi connectivity index (χ0n) is 12.1. The van der Waals surface area contributed by atoms with Crippen LogP contribution in [0.3, 0.4) is 0 Å². The largest absolute Gasteiger partial charge is 0.464 e. The van der Waals surface area contributed by atoms with Gasteiger partial charge in [-0.1, -0.05) is 36.0 Å². The molecule has 3 rings (SSSR count). The third-order valence-electron chi connectivity index (χ3n) is 3.11. The van der Waals surface area contributed by atoms with Gasteiger partial charge in [0.05, 0.1) is 11.6 Å².